The van der Waals surface area contributed by atoms with E-state index >= 15 is 0 Å². The minimum Gasteiger partial charge on any atom is -0.508 e. The second kappa shape index (κ2) is 7.68. The number of aliphatic hydroxyl groups is 1. The van der Waals surface area contributed by atoms with Crippen LogP contribution in [0.5, 0.6) is 5.75 Å². The highest BCUT2D eigenvalue weighted by Gasteiger charge is 2.47. The van der Waals surface area contributed by atoms with Crippen molar-refractivity contribution in [3.05, 3.63) is 101 Å². The van der Waals surface area contributed by atoms with Crippen LogP contribution in [0.2, 0.25) is 0 Å². The first kappa shape index (κ1) is 20.3. The molecule has 1 aliphatic heterocycles. The monoisotopic (exact) mass is 421 g/mol. The number of carbonyl (C=O) groups is 2. The zero-order valence-corrected chi connectivity index (χ0v) is 16.3. The minimum absolute atomic E-state index is 0.0581. The molecule has 0 radical (unpaired) electrons. The average molecular weight is 421 g/mol. The summed E-state index contributed by atoms with van der Waals surface area (Å²) in [5.74, 6) is -4.80. The van der Waals surface area contributed by atoms with Crippen molar-refractivity contribution < 1.29 is 28.6 Å². The number of benzene rings is 3. The number of rotatable bonds is 3. The van der Waals surface area contributed by atoms with E-state index in [2.05, 4.69) is 0 Å². The Balaban J connectivity index is 1.96. The zero-order valence-electron chi connectivity index (χ0n) is 16.3. The van der Waals surface area contributed by atoms with E-state index in [0.29, 0.717) is 11.1 Å². The van der Waals surface area contributed by atoms with Crippen molar-refractivity contribution in [3.63, 3.8) is 0 Å². The van der Waals surface area contributed by atoms with E-state index in [1.54, 1.807) is 30.3 Å². The highest BCUT2D eigenvalue weighted by Crippen LogP contribution is 2.43. The zero-order chi connectivity index (χ0) is 22.3. The molecule has 0 aliphatic carbocycles. The Morgan fingerprint density at radius 3 is 2.29 bits per heavy atom. The van der Waals surface area contributed by atoms with E-state index in [4.69, 9.17) is 0 Å². The predicted octanol–water partition coefficient (Wildman–Crippen LogP) is 4.61. The number of nitrogens with zero attached hydrogens (tertiary/aromatic N) is 1. The summed E-state index contributed by atoms with van der Waals surface area (Å²) in [5, 5.41) is 20.9. The van der Waals surface area contributed by atoms with Gasteiger partial charge in [-0.2, -0.15) is 0 Å². The Hall–Kier alpha value is -4.00. The Morgan fingerprint density at radius 2 is 1.65 bits per heavy atom. The van der Waals surface area contributed by atoms with Gasteiger partial charge in [0.05, 0.1) is 11.6 Å². The SMILES string of the molecule is Cc1ccc(/C(O)=C2\C(=O)C(=O)N(c3ccc(F)c(F)c3)C2c2cccc(O)c2)cc1. The van der Waals surface area contributed by atoms with E-state index in [1.165, 1.54) is 24.3 Å². The van der Waals surface area contributed by atoms with E-state index in [1.807, 2.05) is 6.92 Å². The number of aliphatic hydroxyl groups excluding tert-OH is 1. The van der Waals surface area contributed by atoms with E-state index in [-0.39, 0.29) is 17.0 Å². The van der Waals surface area contributed by atoms with Crippen LogP contribution in [0.15, 0.2) is 72.3 Å². The van der Waals surface area contributed by atoms with Crippen molar-refractivity contribution in [3.8, 4) is 5.75 Å². The minimum atomic E-state index is -1.19. The second-order valence-electron chi connectivity index (χ2n) is 7.23. The van der Waals surface area contributed by atoms with Gasteiger partial charge in [0.2, 0.25) is 0 Å². The van der Waals surface area contributed by atoms with Crippen LogP contribution in [0.3, 0.4) is 0 Å². The number of carbonyl (C=O) groups excluding carboxylic acids is 2. The highest BCUT2D eigenvalue weighted by atomic mass is 19.2. The number of phenolic OH excluding ortho intramolecular Hbond substituents is 1. The molecule has 1 atom stereocenters. The van der Waals surface area contributed by atoms with Gasteiger partial charge < -0.3 is 10.2 Å². The molecule has 0 spiro atoms. The summed E-state index contributed by atoms with van der Waals surface area (Å²) in [6.07, 6.45) is 0. The van der Waals surface area contributed by atoms with Gasteiger partial charge in [0.15, 0.2) is 11.6 Å². The molecule has 7 heteroatoms. The first-order chi connectivity index (χ1) is 14.8. The van der Waals surface area contributed by atoms with Crippen LogP contribution < -0.4 is 4.90 Å². The molecule has 156 valence electrons. The normalized spacial score (nSPS) is 17.9. The van der Waals surface area contributed by atoms with Crippen molar-refractivity contribution in [2.24, 2.45) is 0 Å². The number of hydrogen-bond donors (Lipinski definition) is 2. The molecule has 1 fully saturated rings. The number of anilines is 1. The van der Waals surface area contributed by atoms with E-state index in [9.17, 15) is 28.6 Å². The van der Waals surface area contributed by atoms with Gasteiger partial charge in [0.1, 0.15) is 11.5 Å². The van der Waals surface area contributed by atoms with Crippen molar-refractivity contribution in [1.82, 2.24) is 0 Å². The molecule has 1 heterocycles. The Bertz CT molecular complexity index is 1230. The molecule has 0 saturated carbocycles. The van der Waals surface area contributed by atoms with Gasteiger partial charge in [-0.25, -0.2) is 8.78 Å². The van der Waals surface area contributed by atoms with Gasteiger partial charge >= 0.3 is 0 Å². The van der Waals surface area contributed by atoms with E-state index < -0.39 is 35.1 Å². The number of ketones is 1. The highest BCUT2D eigenvalue weighted by molar-refractivity contribution is 6.51. The fourth-order valence-electron chi connectivity index (χ4n) is 3.61. The Kier molecular flexibility index (Phi) is 5.02. The molecule has 3 aromatic rings. The molecule has 1 aliphatic rings. The lowest BCUT2D eigenvalue weighted by Gasteiger charge is -2.25. The molecule has 4 rings (SSSR count). The fourth-order valence-corrected chi connectivity index (χ4v) is 3.61. The Morgan fingerprint density at radius 1 is 0.935 bits per heavy atom. The largest absolute Gasteiger partial charge is 0.508 e. The van der Waals surface area contributed by atoms with Crippen LogP contribution >= 0.6 is 0 Å². The van der Waals surface area contributed by atoms with Crippen LogP contribution in [0.4, 0.5) is 14.5 Å². The molecule has 3 aromatic carbocycles. The number of aryl methyl sites for hydroxylation is 1. The smallest absolute Gasteiger partial charge is 0.300 e. The first-order valence-electron chi connectivity index (χ1n) is 9.40. The van der Waals surface area contributed by atoms with Crippen molar-refractivity contribution in [1.29, 1.82) is 0 Å². The fraction of sp³-hybridized carbons (Fsp3) is 0.0833. The molecule has 1 unspecified atom stereocenters. The molecule has 5 nitrogen and oxygen atoms in total. The molecule has 0 aromatic heterocycles. The summed E-state index contributed by atoms with van der Waals surface area (Å²) in [4.78, 5) is 26.9. The first-order valence-corrected chi connectivity index (χ1v) is 9.40. The summed E-state index contributed by atoms with van der Waals surface area (Å²) in [6, 6.07) is 14.2. The maximum absolute atomic E-state index is 13.9. The molecule has 2 N–H and O–H groups in total. The van der Waals surface area contributed by atoms with Gasteiger partial charge in [-0.1, -0.05) is 42.0 Å². The lowest BCUT2D eigenvalue weighted by atomic mass is 9.94. The van der Waals surface area contributed by atoms with Crippen molar-refractivity contribution in [2.45, 2.75) is 13.0 Å². The summed E-state index contributed by atoms with van der Waals surface area (Å²) < 4.78 is 27.4. The summed E-state index contributed by atoms with van der Waals surface area (Å²) in [5.41, 5.74) is 1.29. The van der Waals surface area contributed by atoms with Crippen LogP contribution in [0.1, 0.15) is 22.7 Å². The maximum Gasteiger partial charge on any atom is 0.300 e. The lowest BCUT2D eigenvalue weighted by Crippen LogP contribution is -2.29. The summed E-state index contributed by atoms with van der Waals surface area (Å²) in [6.45, 7) is 1.86. The number of phenols is 1. The topological polar surface area (TPSA) is 77.8 Å². The third-order valence-corrected chi connectivity index (χ3v) is 5.14. The van der Waals surface area contributed by atoms with Gasteiger partial charge in [-0.05, 0) is 36.8 Å². The van der Waals surface area contributed by atoms with Crippen molar-refractivity contribution in [2.75, 3.05) is 4.90 Å². The molecule has 1 amide bonds. The summed E-state index contributed by atoms with van der Waals surface area (Å²) >= 11 is 0. The molecule has 31 heavy (non-hydrogen) atoms. The van der Waals surface area contributed by atoms with Gasteiger partial charge in [-0.15, -0.1) is 0 Å². The van der Waals surface area contributed by atoms with Crippen molar-refractivity contribution >= 4 is 23.1 Å². The molecular formula is C24H17F2NO4. The van der Waals surface area contributed by atoms with Crippen LogP contribution in [0.25, 0.3) is 5.76 Å². The number of Topliss-reactive ketones (excluding diaryl/α,β-unsaturated/α-hetero) is 1. The molecular weight excluding hydrogens is 404 g/mol. The quantitative estimate of drug-likeness (QED) is 0.368. The number of halogens is 2. The number of hydrogen-bond acceptors (Lipinski definition) is 4. The average Bonchev–Trinajstić information content (AvgIpc) is 3.01. The van der Waals surface area contributed by atoms with Gasteiger partial charge in [0.25, 0.3) is 11.7 Å². The van der Waals surface area contributed by atoms with Gasteiger partial charge in [0, 0.05) is 17.3 Å². The maximum atomic E-state index is 13.9. The Labute approximate surface area is 176 Å². The van der Waals surface area contributed by atoms with Crippen LogP contribution in [-0.2, 0) is 9.59 Å². The molecule has 1 saturated heterocycles. The number of amides is 1. The van der Waals surface area contributed by atoms with Crippen LogP contribution in [-0.4, -0.2) is 21.9 Å². The predicted molar refractivity (Wildman–Crippen MR) is 110 cm³/mol. The molecule has 0 bridgehead atoms. The third kappa shape index (κ3) is 3.54. The summed E-state index contributed by atoms with van der Waals surface area (Å²) in [7, 11) is 0. The number of aromatic hydroxyl groups is 1. The second-order valence-corrected chi connectivity index (χ2v) is 7.23. The standard InChI is InChI=1S/C24H17F2NO4/c1-13-5-7-14(8-6-13)22(29)20-21(15-3-2-4-17(28)11-15)27(24(31)23(20)30)16-9-10-18(25)19(26)12-16/h2-12,21,28-29H,1H3/b22-20+. The third-order valence-electron chi connectivity index (χ3n) is 5.14. The lowest BCUT2D eigenvalue weighted by molar-refractivity contribution is -0.132. The van der Waals surface area contributed by atoms with E-state index in [0.717, 1.165) is 22.6 Å². The van der Waals surface area contributed by atoms with Crippen LogP contribution in [0, 0.1) is 18.6 Å². The van der Waals surface area contributed by atoms with Gasteiger partial charge in [-0.3, -0.25) is 14.5 Å².